The first-order valence-corrected chi connectivity index (χ1v) is 10.1. The van der Waals surface area contributed by atoms with E-state index in [1.807, 2.05) is 48.5 Å². The SMILES string of the molecule is O=C(COc1ccc2ccccc2c1)NCc1cccc(NC(=O)c2ccc(F)cc2)c1. The van der Waals surface area contributed by atoms with Gasteiger partial charge in [-0.05, 0) is 64.9 Å². The van der Waals surface area contributed by atoms with Gasteiger partial charge in [-0.2, -0.15) is 0 Å². The molecule has 2 amide bonds. The monoisotopic (exact) mass is 428 g/mol. The molecule has 2 N–H and O–H groups in total. The third-order valence-electron chi connectivity index (χ3n) is 4.87. The zero-order valence-electron chi connectivity index (χ0n) is 17.2. The Balaban J connectivity index is 1.29. The first kappa shape index (κ1) is 21.1. The number of amides is 2. The highest BCUT2D eigenvalue weighted by atomic mass is 19.1. The lowest BCUT2D eigenvalue weighted by Crippen LogP contribution is -2.28. The summed E-state index contributed by atoms with van der Waals surface area (Å²) in [7, 11) is 0. The van der Waals surface area contributed by atoms with Crippen molar-refractivity contribution in [3.05, 3.63) is 108 Å². The molecule has 0 saturated heterocycles. The third kappa shape index (κ3) is 5.49. The Morgan fingerprint density at radius 3 is 2.41 bits per heavy atom. The maximum absolute atomic E-state index is 13.0. The van der Waals surface area contributed by atoms with Crippen LogP contribution in [0.4, 0.5) is 10.1 Å². The number of anilines is 1. The van der Waals surface area contributed by atoms with Gasteiger partial charge in [0.1, 0.15) is 11.6 Å². The van der Waals surface area contributed by atoms with E-state index in [4.69, 9.17) is 4.74 Å². The van der Waals surface area contributed by atoms with E-state index in [2.05, 4.69) is 10.6 Å². The van der Waals surface area contributed by atoms with E-state index in [-0.39, 0.29) is 18.4 Å². The summed E-state index contributed by atoms with van der Waals surface area (Å²) >= 11 is 0. The van der Waals surface area contributed by atoms with Crippen LogP contribution in [0.25, 0.3) is 10.8 Å². The van der Waals surface area contributed by atoms with Crippen molar-refractivity contribution < 1.29 is 18.7 Å². The number of nitrogens with one attached hydrogen (secondary N) is 2. The maximum atomic E-state index is 13.0. The number of carbonyl (C=O) groups is 2. The molecule has 0 spiro atoms. The number of benzene rings is 4. The number of hydrogen-bond acceptors (Lipinski definition) is 3. The van der Waals surface area contributed by atoms with Crippen molar-refractivity contribution in [2.45, 2.75) is 6.54 Å². The second-order valence-corrected chi connectivity index (χ2v) is 7.24. The summed E-state index contributed by atoms with van der Waals surface area (Å²) in [5.74, 6) is -0.359. The van der Waals surface area contributed by atoms with E-state index < -0.39 is 5.82 Å². The van der Waals surface area contributed by atoms with Crippen molar-refractivity contribution >= 4 is 28.3 Å². The van der Waals surface area contributed by atoms with Crippen LogP contribution >= 0.6 is 0 Å². The topological polar surface area (TPSA) is 67.4 Å². The van der Waals surface area contributed by atoms with Crippen molar-refractivity contribution in [2.24, 2.45) is 0 Å². The van der Waals surface area contributed by atoms with Crippen molar-refractivity contribution in [1.29, 1.82) is 0 Å². The van der Waals surface area contributed by atoms with Gasteiger partial charge < -0.3 is 15.4 Å². The van der Waals surface area contributed by atoms with Crippen LogP contribution in [0.1, 0.15) is 15.9 Å². The smallest absolute Gasteiger partial charge is 0.258 e. The van der Waals surface area contributed by atoms with Gasteiger partial charge in [-0.25, -0.2) is 4.39 Å². The molecule has 0 unspecified atom stereocenters. The van der Waals surface area contributed by atoms with Crippen LogP contribution in [-0.4, -0.2) is 18.4 Å². The summed E-state index contributed by atoms with van der Waals surface area (Å²) in [4.78, 5) is 24.5. The Morgan fingerprint density at radius 2 is 1.59 bits per heavy atom. The molecule has 4 rings (SSSR count). The number of carbonyl (C=O) groups excluding carboxylic acids is 2. The van der Waals surface area contributed by atoms with Crippen LogP contribution in [0.2, 0.25) is 0 Å². The molecule has 0 saturated carbocycles. The average molecular weight is 428 g/mol. The highest BCUT2D eigenvalue weighted by molar-refractivity contribution is 6.04. The molecule has 0 aromatic heterocycles. The minimum atomic E-state index is -0.399. The van der Waals surface area contributed by atoms with Gasteiger partial charge in [0, 0.05) is 17.8 Å². The molecule has 0 atom stereocenters. The first-order valence-electron chi connectivity index (χ1n) is 10.1. The van der Waals surface area contributed by atoms with Gasteiger partial charge in [0.05, 0.1) is 0 Å². The fraction of sp³-hybridized carbons (Fsp3) is 0.0769. The lowest BCUT2D eigenvalue weighted by atomic mass is 10.1. The zero-order chi connectivity index (χ0) is 22.3. The quantitative estimate of drug-likeness (QED) is 0.439. The number of ether oxygens (including phenoxy) is 1. The Labute approximate surface area is 184 Å². The van der Waals surface area contributed by atoms with E-state index in [1.54, 1.807) is 18.2 Å². The normalized spacial score (nSPS) is 10.5. The highest BCUT2D eigenvalue weighted by Gasteiger charge is 2.08. The van der Waals surface area contributed by atoms with Gasteiger partial charge in [0.2, 0.25) is 0 Å². The molecule has 0 radical (unpaired) electrons. The Hall–Kier alpha value is -4.19. The van der Waals surface area contributed by atoms with Gasteiger partial charge in [0.15, 0.2) is 6.61 Å². The van der Waals surface area contributed by atoms with Crippen LogP contribution in [0.15, 0.2) is 91.0 Å². The van der Waals surface area contributed by atoms with Gasteiger partial charge in [-0.15, -0.1) is 0 Å². The summed E-state index contributed by atoms with van der Waals surface area (Å²) in [6.07, 6.45) is 0. The summed E-state index contributed by atoms with van der Waals surface area (Å²) in [6, 6.07) is 26.1. The van der Waals surface area contributed by atoms with E-state index in [1.165, 1.54) is 24.3 Å². The number of fused-ring (bicyclic) bond motifs is 1. The van der Waals surface area contributed by atoms with Crippen LogP contribution < -0.4 is 15.4 Å². The summed E-state index contributed by atoms with van der Waals surface area (Å²) in [5, 5.41) is 7.73. The molecule has 6 heteroatoms. The predicted molar refractivity (Wildman–Crippen MR) is 122 cm³/mol. The minimum absolute atomic E-state index is 0.0979. The van der Waals surface area contributed by atoms with Crippen LogP contribution in [0, 0.1) is 5.82 Å². The fourth-order valence-electron chi connectivity index (χ4n) is 3.22. The van der Waals surface area contributed by atoms with E-state index in [0.29, 0.717) is 23.5 Å². The van der Waals surface area contributed by atoms with Gasteiger partial charge in [-0.1, -0.05) is 42.5 Å². The standard InChI is InChI=1S/C26H21FN2O3/c27-22-11-8-20(9-12-22)26(31)29-23-7-3-4-18(14-23)16-28-25(30)17-32-24-13-10-19-5-1-2-6-21(19)15-24/h1-15H,16-17H2,(H,28,30)(H,29,31). The van der Waals surface area contributed by atoms with E-state index in [0.717, 1.165) is 16.3 Å². The third-order valence-corrected chi connectivity index (χ3v) is 4.87. The lowest BCUT2D eigenvalue weighted by molar-refractivity contribution is -0.123. The first-order chi connectivity index (χ1) is 15.6. The summed E-state index contributed by atoms with van der Waals surface area (Å²) in [5.41, 5.74) is 1.76. The van der Waals surface area contributed by atoms with E-state index >= 15 is 0 Å². The van der Waals surface area contributed by atoms with Gasteiger partial charge in [0.25, 0.3) is 11.8 Å². The molecule has 160 valence electrons. The number of hydrogen-bond donors (Lipinski definition) is 2. The van der Waals surface area contributed by atoms with Crippen molar-refractivity contribution in [1.82, 2.24) is 5.32 Å². The summed E-state index contributed by atoms with van der Waals surface area (Å²) in [6.45, 7) is 0.194. The number of rotatable bonds is 7. The zero-order valence-corrected chi connectivity index (χ0v) is 17.2. The van der Waals surface area contributed by atoms with Crippen molar-refractivity contribution in [2.75, 3.05) is 11.9 Å². The molecule has 0 aliphatic heterocycles. The molecule has 0 aliphatic rings. The highest BCUT2D eigenvalue weighted by Crippen LogP contribution is 2.20. The molecule has 0 fully saturated rings. The number of halogens is 1. The van der Waals surface area contributed by atoms with Crippen LogP contribution in [0.5, 0.6) is 5.75 Å². The second kappa shape index (κ2) is 9.75. The van der Waals surface area contributed by atoms with Gasteiger partial charge >= 0.3 is 0 Å². The Bertz CT molecular complexity index is 1260. The van der Waals surface area contributed by atoms with Crippen LogP contribution in [0.3, 0.4) is 0 Å². The Kier molecular flexibility index (Phi) is 6.41. The molecule has 32 heavy (non-hydrogen) atoms. The molecule has 4 aromatic carbocycles. The molecular weight excluding hydrogens is 407 g/mol. The largest absolute Gasteiger partial charge is 0.484 e. The molecule has 0 aliphatic carbocycles. The van der Waals surface area contributed by atoms with Crippen molar-refractivity contribution in [3.63, 3.8) is 0 Å². The lowest BCUT2D eigenvalue weighted by Gasteiger charge is -2.10. The average Bonchev–Trinajstić information content (AvgIpc) is 2.82. The fourth-order valence-corrected chi connectivity index (χ4v) is 3.22. The van der Waals surface area contributed by atoms with Crippen LogP contribution in [-0.2, 0) is 11.3 Å². The molecular formula is C26H21FN2O3. The predicted octanol–water partition coefficient (Wildman–Crippen LogP) is 4.93. The minimum Gasteiger partial charge on any atom is -0.484 e. The van der Waals surface area contributed by atoms with Gasteiger partial charge in [-0.3, -0.25) is 9.59 Å². The molecule has 0 heterocycles. The molecule has 0 bridgehead atoms. The Morgan fingerprint density at radius 1 is 0.812 bits per heavy atom. The summed E-state index contributed by atoms with van der Waals surface area (Å²) < 4.78 is 18.6. The molecule has 5 nitrogen and oxygen atoms in total. The molecule has 4 aromatic rings. The maximum Gasteiger partial charge on any atom is 0.258 e. The van der Waals surface area contributed by atoms with E-state index in [9.17, 15) is 14.0 Å². The van der Waals surface area contributed by atoms with Crippen molar-refractivity contribution in [3.8, 4) is 5.75 Å². The second-order valence-electron chi connectivity index (χ2n) is 7.24.